The number of aliphatic hydroxyl groups excluding tert-OH is 1. The number of anilines is 1. The summed E-state index contributed by atoms with van der Waals surface area (Å²) in [6.45, 7) is 7.30. The molecule has 102 valence electrons. The molecule has 1 aromatic rings. The fourth-order valence-corrected chi connectivity index (χ4v) is 2.44. The lowest BCUT2D eigenvalue weighted by Crippen LogP contribution is -2.53. The Bertz CT molecular complexity index is 453. The number of aromatic nitrogens is 2. The van der Waals surface area contributed by atoms with Gasteiger partial charge in [-0.2, -0.15) is 5.26 Å². The van der Waals surface area contributed by atoms with Gasteiger partial charge in [-0.05, 0) is 13.8 Å². The number of piperazine rings is 1. The third kappa shape index (κ3) is 3.40. The second-order valence-corrected chi connectivity index (χ2v) is 5.02. The average molecular weight is 261 g/mol. The third-order valence-corrected chi connectivity index (χ3v) is 3.28. The summed E-state index contributed by atoms with van der Waals surface area (Å²) in [7, 11) is 0. The van der Waals surface area contributed by atoms with E-state index in [4.69, 9.17) is 5.26 Å². The van der Waals surface area contributed by atoms with E-state index >= 15 is 0 Å². The molecule has 1 aliphatic rings. The lowest BCUT2D eigenvalue weighted by atomic mass is 10.2. The molecule has 1 saturated heterocycles. The first-order valence-corrected chi connectivity index (χ1v) is 6.49. The number of rotatable bonds is 3. The first-order valence-electron chi connectivity index (χ1n) is 6.49. The van der Waals surface area contributed by atoms with Crippen LogP contribution < -0.4 is 4.90 Å². The van der Waals surface area contributed by atoms with E-state index in [1.807, 2.05) is 13.0 Å². The van der Waals surface area contributed by atoms with E-state index < -0.39 is 0 Å². The summed E-state index contributed by atoms with van der Waals surface area (Å²) in [4.78, 5) is 12.8. The molecule has 1 N–H and O–H groups in total. The number of nitrogens with zero attached hydrogens (tertiary/aromatic N) is 5. The van der Waals surface area contributed by atoms with Crippen molar-refractivity contribution in [3.63, 3.8) is 0 Å². The Balaban J connectivity index is 2.01. The van der Waals surface area contributed by atoms with Crippen LogP contribution in [-0.4, -0.2) is 58.3 Å². The molecule has 1 fully saturated rings. The van der Waals surface area contributed by atoms with Crippen LogP contribution in [0.3, 0.4) is 0 Å². The Hall–Kier alpha value is -1.71. The van der Waals surface area contributed by atoms with Crippen molar-refractivity contribution in [2.24, 2.45) is 0 Å². The molecule has 0 aromatic carbocycles. The van der Waals surface area contributed by atoms with Gasteiger partial charge < -0.3 is 10.0 Å². The maximum absolute atomic E-state index is 9.42. The Kier molecular flexibility index (Phi) is 4.30. The molecular weight excluding hydrogens is 242 g/mol. The molecule has 1 aliphatic heterocycles. The molecule has 6 heteroatoms. The summed E-state index contributed by atoms with van der Waals surface area (Å²) in [6.07, 6.45) is 2.86. The van der Waals surface area contributed by atoms with Crippen molar-refractivity contribution in [2.45, 2.75) is 26.0 Å². The topological polar surface area (TPSA) is 76.3 Å². The molecular formula is C13H19N5O. The van der Waals surface area contributed by atoms with E-state index in [0.29, 0.717) is 18.3 Å². The van der Waals surface area contributed by atoms with Crippen LogP contribution in [0.15, 0.2) is 12.4 Å². The highest BCUT2D eigenvalue weighted by Gasteiger charge is 2.25. The molecule has 2 unspecified atom stereocenters. The molecule has 0 spiro atoms. The predicted octanol–water partition coefficient (Wildman–Crippen LogP) is 0.240. The van der Waals surface area contributed by atoms with Gasteiger partial charge in [0.2, 0.25) is 0 Å². The first kappa shape index (κ1) is 13.7. The van der Waals surface area contributed by atoms with Gasteiger partial charge in [-0.3, -0.25) is 4.90 Å². The number of aliphatic hydroxyl groups is 1. The standard InChI is InChI=1S/C13H19N5O/c1-10-8-17(9-11(2)19)3-4-18(10)13-7-15-12(5-14)6-16-13/h6-7,10-11,19H,3-4,8-9H2,1-2H3. The molecule has 2 rings (SSSR count). The monoisotopic (exact) mass is 261 g/mol. The first-order chi connectivity index (χ1) is 9.10. The molecule has 6 nitrogen and oxygen atoms in total. The van der Waals surface area contributed by atoms with Gasteiger partial charge >= 0.3 is 0 Å². The smallest absolute Gasteiger partial charge is 0.158 e. The predicted molar refractivity (Wildman–Crippen MR) is 71.7 cm³/mol. The Morgan fingerprint density at radius 3 is 2.79 bits per heavy atom. The molecule has 0 saturated carbocycles. The maximum Gasteiger partial charge on any atom is 0.158 e. The Morgan fingerprint density at radius 2 is 2.26 bits per heavy atom. The van der Waals surface area contributed by atoms with Crippen molar-refractivity contribution in [2.75, 3.05) is 31.1 Å². The normalized spacial score (nSPS) is 22.0. The molecule has 0 bridgehead atoms. The van der Waals surface area contributed by atoms with E-state index in [1.165, 1.54) is 6.20 Å². The van der Waals surface area contributed by atoms with Gasteiger partial charge in [0.25, 0.3) is 0 Å². The largest absolute Gasteiger partial charge is 0.392 e. The van der Waals surface area contributed by atoms with Gasteiger partial charge in [-0.25, -0.2) is 9.97 Å². The number of hydrogen-bond acceptors (Lipinski definition) is 6. The van der Waals surface area contributed by atoms with Gasteiger partial charge in [0.05, 0.1) is 18.5 Å². The second kappa shape index (κ2) is 5.95. The molecule has 1 aromatic heterocycles. The summed E-state index contributed by atoms with van der Waals surface area (Å²) < 4.78 is 0. The van der Waals surface area contributed by atoms with Crippen LogP contribution in [-0.2, 0) is 0 Å². The minimum Gasteiger partial charge on any atom is -0.392 e. The molecule has 0 amide bonds. The van der Waals surface area contributed by atoms with Crippen molar-refractivity contribution >= 4 is 5.82 Å². The highest BCUT2D eigenvalue weighted by atomic mass is 16.3. The second-order valence-electron chi connectivity index (χ2n) is 5.02. The van der Waals surface area contributed by atoms with Crippen molar-refractivity contribution in [3.05, 3.63) is 18.1 Å². The van der Waals surface area contributed by atoms with Crippen LogP contribution in [0.2, 0.25) is 0 Å². The van der Waals surface area contributed by atoms with E-state index in [1.54, 1.807) is 6.20 Å². The van der Waals surface area contributed by atoms with Crippen LogP contribution in [0.1, 0.15) is 19.5 Å². The summed E-state index contributed by atoms with van der Waals surface area (Å²) in [5.74, 6) is 0.809. The quantitative estimate of drug-likeness (QED) is 0.840. The molecule has 2 heterocycles. The SMILES string of the molecule is CC(O)CN1CCN(c2cnc(C#N)cn2)C(C)C1. The molecule has 19 heavy (non-hydrogen) atoms. The van der Waals surface area contributed by atoms with Gasteiger partial charge in [-0.15, -0.1) is 0 Å². The average Bonchev–Trinajstić information content (AvgIpc) is 2.38. The van der Waals surface area contributed by atoms with Gasteiger partial charge in [0.1, 0.15) is 11.9 Å². The maximum atomic E-state index is 9.42. The highest BCUT2D eigenvalue weighted by Crippen LogP contribution is 2.17. The Morgan fingerprint density at radius 1 is 1.47 bits per heavy atom. The van der Waals surface area contributed by atoms with Crippen molar-refractivity contribution in [1.82, 2.24) is 14.9 Å². The fourth-order valence-electron chi connectivity index (χ4n) is 2.44. The summed E-state index contributed by atoms with van der Waals surface area (Å²) in [5.41, 5.74) is 0.337. The highest BCUT2D eigenvalue weighted by molar-refractivity contribution is 5.39. The lowest BCUT2D eigenvalue weighted by molar-refractivity contribution is 0.114. The zero-order valence-electron chi connectivity index (χ0n) is 11.3. The fraction of sp³-hybridized carbons (Fsp3) is 0.615. The van der Waals surface area contributed by atoms with Gasteiger partial charge in [0.15, 0.2) is 5.69 Å². The molecule has 2 atom stereocenters. The van der Waals surface area contributed by atoms with Crippen LogP contribution >= 0.6 is 0 Å². The van der Waals surface area contributed by atoms with Crippen molar-refractivity contribution in [1.29, 1.82) is 5.26 Å². The zero-order chi connectivity index (χ0) is 13.8. The van der Waals surface area contributed by atoms with Crippen molar-refractivity contribution < 1.29 is 5.11 Å². The van der Waals surface area contributed by atoms with Gasteiger partial charge in [0, 0.05) is 32.2 Å². The molecule has 0 radical (unpaired) electrons. The Labute approximate surface area is 113 Å². The minimum atomic E-state index is -0.298. The third-order valence-electron chi connectivity index (χ3n) is 3.28. The van der Waals surface area contributed by atoms with Crippen LogP contribution in [0, 0.1) is 11.3 Å². The molecule has 0 aliphatic carbocycles. The number of hydrogen-bond donors (Lipinski definition) is 1. The van der Waals surface area contributed by atoms with Crippen molar-refractivity contribution in [3.8, 4) is 6.07 Å². The van der Waals surface area contributed by atoms with Crippen LogP contribution in [0.4, 0.5) is 5.82 Å². The lowest BCUT2D eigenvalue weighted by Gasteiger charge is -2.40. The van der Waals surface area contributed by atoms with E-state index in [9.17, 15) is 5.11 Å². The summed E-state index contributed by atoms with van der Waals surface area (Å²) in [6, 6.07) is 2.28. The van der Waals surface area contributed by atoms with E-state index in [0.717, 1.165) is 25.5 Å². The summed E-state index contributed by atoms with van der Waals surface area (Å²) >= 11 is 0. The van der Waals surface area contributed by atoms with Gasteiger partial charge in [-0.1, -0.05) is 0 Å². The minimum absolute atomic E-state index is 0.298. The van der Waals surface area contributed by atoms with Crippen LogP contribution in [0.25, 0.3) is 0 Å². The zero-order valence-corrected chi connectivity index (χ0v) is 11.3. The number of nitriles is 1. The van der Waals surface area contributed by atoms with Crippen LogP contribution in [0.5, 0.6) is 0 Å². The summed E-state index contributed by atoms with van der Waals surface area (Å²) in [5, 5.41) is 18.1. The number of β-amino-alcohol motifs (C(OH)–C–C–N with tert-alkyl or cyclic N) is 1. The van der Waals surface area contributed by atoms with E-state index in [-0.39, 0.29) is 6.10 Å². The van der Waals surface area contributed by atoms with E-state index in [2.05, 4.69) is 26.7 Å².